The lowest BCUT2D eigenvalue weighted by atomic mass is 10.2. The zero-order valence-electron chi connectivity index (χ0n) is 11.7. The number of nitrogens with zero attached hydrogens (tertiary/aromatic N) is 2. The summed E-state index contributed by atoms with van der Waals surface area (Å²) in [4.78, 5) is 15.6. The maximum atomic E-state index is 11.7. The summed E-state index contributed by atoms with van der Waals surface area (Å²) >= 11 is 0. The third kappa shape index (κ3) is 3.65. The van der Waals surface area contributed by atoms with Gasteiger partial charge in [-0.1, -0.05) is 0 Å². The smallest absolute Gasteiger partial charge is 0.321 e. The van der Waals surface area contributed by atoms with Crippen molar-refractivity contribution in [3.8, 4) is 0 Å². The molecule has 0 aromatic heterocycles. The van der Waals surface area contributed by atoms with Crippen molar-refractivity contribution in [2.75, 3.05) is 36.9 Å². The van der Waals surface area contributed by atoms with Gasteiger partial charge in [0.25, 0.3) is 0 Å². The molecule has 0 saturated carbocycles. The van der Waals surface area contributed by atoms with E-state index in [1.807, 2.05) is 31.2 Å². The molecule has 0 unspecified atom stereocenters. The van der Waals surface area contributed by atoms with Crippen molar-refractivity contribution >= 4 is 17.4 Å². The third-order valence-electron chi connectivity index (χ3n) is 3.07. The van der Waals surface area contributed by atoms with Crippen LogP contribution >= 0.6 is 0 Å². The highest BCUT2D eigenvalue weighted by atomic mass is 16.2. The highest BCUT2D eigenvalue weighted by Crippen LogP contribution is 2.17. The molecule has 0 aliphatic heterocycles. The first-order chi connectivity index (χ1) is 8.62. The van der Waals surface area contributed by atoms with Gasteiger partial charge in [-0.2, -0.15) is 0 Å². The molecule has 18 heavy (non-hydrogen) atoms. The van der Waals surface area contributed by atoms with Crippen molar-refractivity contribution in [1.29, 1.82) is 0 Å². The lowest BCUT2D eigenvalue weighted by Crippen LogP contribution is -2.30. The number of carbonyl (C=O) groups is 1. The second-order valence-corrected chi connectivity index (χ2v) is 4.16. The van der Waals surface area contributed by atoms with E-state index < -0.39 is 0 Å². The Balaban J connectivity index is 2.68. The topological polar surface area (TPSA) is 35.6 Å². The standard InChI is InChI=1S/C14H23N3O/c1-5-16(4)14(18)15-12-8-10-13(11-9-12)17(6-2)7-3/h8-11H,5-7H2,1-4H3,(H,15,18). The molecule has 0 radical (unpaired) electrons. The largest absolute Gasteiger partial charge is 0.372 e. The van der Waals surface area contributed by atoms with Crippen LogP contribution in [0, 0.1) is 0 Å². The average Bonchev–Trinajstić information content (AvgIpc) is 2.41. The summed E-state index contributed by atoms with van der Waals surface area (Å²) in [5.74, 6) is 0. The van der Waals surface area contributed by atoms with E-state index in [0.29, 0.717) is 6.54 Å². The van der Waals surface area contributed by atoms with Crippen molar-refractivity contribution in [2.24, 2.45) is 0 Å². The molecule has 100 valence electrons. The fourth-order valence-electron chi connectivity index (χ4n) is 1.71. The first-order valence-electron chi connectivity index (χ1n) is 6.49. The van der Waals surface area contributed by atoms with Crippen molar-refractivity contribution in [2.45, 2.75) is 20.8 Å². The Hall–Kier alpha value is -1.71. The van der Waals surface area contributed by atoms with Crippen LogP contribution in [0.3, 0.4) is 0 Å². The van der Waals surface area contributed by atoms with Gasteiger partial charge in [0.2, 0.25) is 0 Å². The van der Waals surface area contributed by atoms with Gasteiger partial charge in [-0.15, -0.1) is 0 Å². The predicted octanol–water partition coefficient (Wildman–Crippen LogP) is 3.02. The summed E-state index contributed by atoms with van der Waals surface area (Å²) in [7, 11) is 1.78. The molecule has 0 atom stereocenters. The molecule has 1 aromatic carbocycles. The van der Waals surface area contributed by atoms with Crippen LogP contribution in [0.2, 0.25) is 0 Å². The zero-order valence-corrected chi connectivity index (χ0v) is 11.7. The van der Waals surface area contributed by atoms with Gasteiger partial charge in [-0.05, 0) is 45.0 Å². The molecule has 0 aliphatic carbocycles. The summed E-state index contributed by atoms with van der Waals surface area (Å²) in [6, 6.07) is 7.88. The second-order valence-electron chi connectivity index (χ2n) is 4.16. The minimum Gasteiger partial charge on any atom is -0.372 e. The first-order valence-corrected chi connectivity index (χ1v) is 6.49. The van der Waals surface area contributed by atoms with Crippen molar-refractivity contribution in [3.05, 3.63) is 24.3 Å². The van der Waals surface area contributed by atoms with Crippen LogP contribution in [0.5, 0.6) is 0 Å². The molecule has 0 saturated heterocycles. The highest BCUT2D eigenvalue weighted by Gasteiger charge is 2.06. The van der Waals surface area contributed by atoms with Crippen LogP contribution in [0.15, 0.2) is 24.3 Å². The van der Waals surface area contributed by atoms with E-state index in [-0.39, 0.29) is 6.03 Å². The third-order valence-corrected chi connectivity index (χ3v) is 3.07. The normalized spacial score (nSPS) is 10.0. The summed E-state index contributed by atoms with van der Waals surface area (Å²) in [6.07, 6.45) is 0. The van der Waals surface area contributed by atoms with Crippen molar-refractivity contribution in [3.63, 3.8) is 0 Å². The van der Waals surface area contributed by atoms with Crippen molar-refractivity contribution < 1.29 is 4.79 Å². The number of nitrogens with one attached hydrogen (secondary N) is 1. The van der Waals surface area contributed by atoms with Crippen molar-refractivity contribution in [1.82, 2.24) is 4.90 Å². The number of rotatable bonds is 5. The number of urea groups is 1. The molecule has 1 rings (SSSR count). The SMILES string of the molecule is CCN(C)C(=O)Nc1ccc(N(CC)CC)cc1. The summed E-state index contributed by atoms with van der Waals surface area (Å²) in [5, 5.41) is 2.86. The van der Waals surface area contributed by atoms with E-state index in [9.17, 15) is 4.79 Å². The van der Waals surface area contributed by atoms with Crippen LogP contribution in [0.1, 0.15) is 20.8 Å². The highest BCUT2D eigenvalue weighted by molar-refractivity contribution is 5.89. The molecule has 0 heterocycles. The lowest BCUT2D eigenvalue weighted by Gasteiger charge is -2.21. The molecule has 0 aliphatic rings. The van der Waals surface area contributed by atoms with Crippen LogP contribution in [0.4, 0.5) is 16.2 Å². The lowest BCUT2D eigenvalue weighted by molar-refractivity contribution is 0.224. The Morgan fingerprint density at radius 3 is 2.06 bits per heavy atom. The Morgan fingerprint density at radius 2 is 1.61 bits per heavy atom. The fraction of sp³-hybridized carbons (Fsp3) is 0.500. The van der Waals surface area contributed by atoms with Gasteiger partial charge >= 0.3 is 6.03 Å². The molecule has 1 aromatic rings. The van der Waals surface area contributed by atoms with Gasteiger partial charge < -0.3 is 15.1 Å². The molecular weight excluding hydrogens is 226 g/mol. The zero-order chi connectivity index (χ0) is 13.5. The maximum Gasteiger partial charge on any atom is 0.321 e. The first kappa shape index (κ1) is 14.4. The van der Waals surface area contributed by atoms with Crippen LogP contribution in [0.25, 0.3) is 0 Å². The Bertz CT molecular complexity index is 371. The van der Waals surface area contributed by atoms with E-state index in [1.165, 1.54) is 5.69 Å². The minimum atomic E-state index is -0.0758. The fourth-order valence-corrected chi connectivity index (χ4v) is 1.71. The molecule has 4 nitrogen and oxygen atoms in total. The predicted molar refractivity (Wildman–Crippen MR) is 77.3 cm³/mol. The molecule has 0 bridgehead atoms. The number of benzene rings is 1. The van der Waals surface area contributed by atoms with E-state index in [0.717, 1.165) is 18.8 Å². The Kier molecular flexibility index (Phi) is 5.49. The van der Waals surface area contributed by atoms with Gasteiger partial charge in [0.05, 0.1) is 0 Å². The number of anilines is 2. The molecular formula is C14H23N3O. The molecule has 4 heteroatoms. The van der Waals surface area contributed by atoms with E-state index >= 15 is 0 Å². The van der Waals surface area contributed by atoms with Gasteiger partial charge in [-0.25, -0.2) is 4.79 Å². The molecule has 2 amide bonds. The molecule has 1 N–H and O–H groups in total. The van der Waals surface area contributed by atoms with E-state index in [4.69, 9.17) is 0 Å². The van der Waals surface area contributed by atoms with Crippen LogP contribution in [-0.2, 0) is 0 Å². The second kappa shape index (κ2) is 6.89. The van der Waals surface area contributed by atoms with Crippen LogP contribution in [-0.4, -0.2) is 37.6 Å². The summed E-state index contributed by atoms with van der Waals surface area (Å²) in [5.41, 5.74) is 2.01. The summed E-state index contributed by atoms with van der Waals surface area (Å²) in [6.45, 7) is 8.89. The Labute approximate surface area is 110 Å². The monoisotopic (exact) mass is 249 g/mol. The van der Waals surface area contributed by atoms with Gasteiger partial charge in [0.15, 0.2) is 0 Å². The molecule has 0 fully saturated rings. The molecule has 0 spiro atoms. The maximum absolute atomic E-state index is 11.7. The van der Waals surface area contributed by atoms with E-state index in [2.05, 4.69) is 24.1 Å². The number of hydrogen-bond donors (Lipinski definition) is 1. The quantitative estimate of drug-likeness (QED) is 0.870. The van der Waals surface area contributed by atoms with E-state index in [1.54, 1.807) is 11.9 Å². The van der Waals surface area contributed by atoms with Gasteiger partial charge in [-0.3, -0.25) is 0 Å². The average molecular weight is 249 g/mol. The van der Waals surface area contributed by atoms with Gasteiger partial charge in [0, 0.05) is 38.1 Å². The summed E-state index contributed by atoms with van der Waals surface area (Å²) < 4.78 is 0. The number of hydrogen-bond acceptors (Lipinski definition) is 2. The number of carbonyl (C=O) groups excluding carboxylic acids is 1. The number of amides is 2. The van der Waals surface area contributed by atoms with Gasteiger partial charge in [0.1, 0.15) is 0 Å². The Morgan fingerprint density at radius 1 is 1.06 bits per heavy atom. The minimum absolute atomic E-state index is 0.0758. The van der Waals surface area contributed by atoms with Crippen LogP contribution < -0.4 is 10.2 Å².